The van der Waals surface area contributed by atoms with Crippen LogP contribution in [0.3, 0.4) is 0 Å². The predicted molar refractivity (Wildman–Crippen MR) is 72.0 cm³/mol. The lowest BCUT2D eigenvalue weighted by atomic mass is 10.2. The summed E-state index contributed by atoms with van der Waals surface area (Å²) in [5, 5.41) is 12.2. The normalized spacial score (nSPS) is 10.9. The summed E-state index contributed by atoms with van der Waals surface area (Å²) in [6.45, 7) is 3.71. The molecule has 0 aliphatic heterocycles. The Labute approximate surface area is 111 Å². The molecule has 0 bridgehead atoms. The topological polar surface area (TPSA) is 61.5 Å². The van der Waals surface area contributed by atoms with E-state index in [-0.39, 0.29) is 0 Å². The van der Waals surface area contributed by atoms with E-state index >= 15 is 0 Å². The first kappa shape index (κ1) is 13.1. The van der Waals surface area contributed by atoms with Crippen molar-refractivity contribution in [2.75, 3.05) is 14.2 Å². The molecule has 1 aromatic carbocycles. The maximum atomic E-state index is 5.24. The molecule has 6 heteroatoms. The first-order valence-electron chi connectivity index (χ1n) is 5.80. The highest BCUT2D eigenvalue weighted by molar-refractivity contribution is 5.80. The number of ether oxygens (including phenoxy) is 2. The summed E-state index contributed by atoms with van der Waals surface area (Å²) in [5.41, 5.74) is 0.908. The summed E-state index contributed by atoms with van der Waals surface area (Å²) in [4.78, 5) is 0. The number of methoxy groups -OCH3 is 2. The predicted octanol–water partition coefficient (Wildman–Crippen LogP) is 1.79. The van der Waals surface area contributed by atoms with Gasteiger partial charge in [-0.3, -0.25) is 0 Å². The average molecular weight is 260 g/mol. The Balaban J connectivity index is 2.29. The quantitative estimate of drug-likeness (QED) is 0.786. The fourth-order valence-corrected chi connectivity index (χ4v) is 1.69. The maximum Gasteiger partial charge on any atom is 0.161 e. The molecule has 1 aromatic heterocycles. The molecule has 6 nitrogen and oxygen atoms in total. The zero-order chi connectivity index (χ0) is 13.8. The van der Waals surface area contributed by atoms with Gasteiger partial charge >= 0.3 is 0 Å². The van der Waals surface area contributed by atoms with E-state index in [0.717, 1.165) is 17.2 Å². The summed E-state index contributed by atoms with van der Waals surface area (Å²) in [6, 6.07) is 5.60. The van der Waals surface area contributed by atoms with Gasteiger partial charge in [0.05, 0.1) is 20.4 Å². The standard InChI is InChI=1S/C13H16N4O2/c1-9-15-16-10(2)17(9)14-8-11-5-6-12(18-3)13(7-11)19-4/h5-8H,1-4H3. The van der Waals surface area contributed by atoms with Crippen molar-refractivity contribution in [3.8, 4) is 11.5 Å². The largest absolute Gasteiger partial charge is 0.493 e. The summed E-state index contributed by atoms with van der Waals surface area (Å²) >= 11 is 0. The molecule has 1 heterocycles. The molecule has 0 N–H and O–H groups in total. The van der Waals surface area contributed by atoms with Crippen LogP contribution in [0, 0.1) is 13.8 Å². The zero-order valence-corrected chi connectivity index (χ0v) is 11.4. The van der Waals surface area contributed by atoms with E-state index in [9.17, 15) is 0 Å². The zero-order valence-electron chi connectivity index (χ0n) is 11.4. The Kier molecular flexibility index (Phi) is 3.79. The minimum absolute atomic E-state index is 0.670. The molecule has 0 atom stereocenters. The highest BCUT2D eigenvalue weighted by Gasteiger charge is 2.04. The van der Waals surface area contributed by atoms with Crippen molar-refractivity contribution < 1.29 is 9.47 Å². The molecule has 0 fully saturated rings. The highest BCUT2D eigenvalue weighted by Crippen LogP contribution is 2.26. The number of hydrogen-bond donors (Lipinski definition) is 0. The van der Waals surface area contributed by atoms with Gasteiger partial charge in [0.15, 0.2) is 23.1 Å². The van der Waals surface area contributed by atoms with Gasteiger partial charge in [-0.15, -0.1) is 10.2 Å². The fraction of sp³-hybridized carbons (Fsp3) is 0.308. The third-order valence-corrected chi connectivity index (χ3v) is 2.68. The molecule has 0 saturated heterocycles. The van der Waals surface area contributed by atoms with E-state index in [1.54, 1.807) is 25.1 Å². The van der Waals surface area contributed by atoms with Gasteiger partial charge in [-0.05, 0) is 37.6 Å². The van der Waals surface area contributed by atoms with Crippen molar-refractivity contribution in [3.05, 3.63) is 35.4 Å². The third-order valence-electron chi connectivity index (χ3n) is 2.68. The molecule has 0 aliphatic rings. The van der Waals surface area contributed by atoms with Gasteiger partial charge in [0.1, 0.15) is 0 Å². The molecular weight excluding hydrogens is 244 g/mol. The summed E-state index contributed by atoms with van der Waals surface area (Å²) in [7, 11) is 3.21. The molecule has 0 spiro atoms. The first-order chi connectivity index (χ1) is 9.15. The van der Waals surface area contributed by atoms with E-state index in [1.807, 2.05) is 32.0 Å². The Morgan fingerprint density at radius 3 is 2.26 bits per heavy atom. The van der Waals surface area contributed by atoms with E-state index in [4.69, 9.17) is 9.47 Å². The van der Waals surface area contributed by atoms with Crippen LogP contribution in [0.1, 0.15) is 17.2 Å². The van der Waals surface area contributed by atoms with Gasteiger partial charge in [-0.1, -0.05) is 0 Å². The van der Waals surface area contributed by atoms with Crippen molar-refractivity contribution in [3.63, 3.8) is 0 Å². The maximum absolute atomic E-state index is 5.24. The number of nitrogens with zero attached hydrogens (tertiary/aromatic N) is 4. The van der Waals surface area contributed by atoms with Crippen molar-refractivity contribution in [2.24, 2.45) is 5.10 Å². The van der Waals surface area contributed by atoms with Crippen LogP contribution in [0.25, 0.3) is 0 Å². The van der Waals surface area contributed by atoms with Crippen LogP contribution < -0.4 is 9.47 Å². The summed E-state index contributed by atoms with van der Waals surface area (Å²) in [6.07, 6.45) is 1.73. The van der Waals surface area contributed by atoms with E-state index < -0.39 is 0 Å². The minimum Gasteiger partial charge on any atom is -0.493 e. The van der Waals surface area contributed by atoms with Crippen molar-refractivity contribution in [2.45, 2.75) is 13.8 Å². The second-order valence-electron chi connectivity index (χ2n) is 3.97. The van der Waals surface area contributed by atoms with Crippen LogP contribution in [0.2, 0.25) is 0 Å². The van der Waals surface area contributed by atoms with Crippen LogP contribution in [-0.4, -0.2) is 35.3 Å². The highest BCUT2D eigenvalue weighted by atomic mass is 16.5. The average Bonchev–Trinajstić information content (AvgIpc) is 2.75. The van der Waals surface area contributed by atoms with Gasteiger partial charge in [0, 0.05) is 0 Å². The molecule has 0 radical (unpaired) electrons. The number of rotatable bonds is 4. The second kappa shape index (κ2) is 5.51. The minimum atomic E-state index is 0.670. The Morgan fingerprint density at radius 2 is 1.68 bits per heavy atom. The van der Waals surface area contributed by atoms with Crippen LogP contribution in [0.5, 0.6) is 11.5 Å². The lowest BCUT2D eigenvalue weighted by molar-refractivity contribution is 0.355. The van der Waals surface area contributed by atoms with Gasteiger partial charge in [0.25, 0.3) is 0 Å². The Morgan fingerprint density at radius 1 is 1.05 bits per heavy atom. The third kappa shape index (κ3) is 2.73. The van der Waals surface area contributed by atoms with Crippen molar-refractivity contribution in [1.29, 1.82) is 0 Å². The Hall–Kier alpha value is -2.37. The molecule has 0 saturated carbocycles. The molecule has 100 valence electrons. The number of hydrogen-bond acceptors (Lipinski definition) is 5. The van der Waals surface area contributed by atoms with Crippen LogP contribution >= 0.6 is 0 Å². The number of aromatic nitrogens is 3. The summed E-state index contributed by atoms with van der Waals surface area (Å²) in [5.74, 6) is 2.85. The van der Waals surface area contributed by atoms with Crippen LogP contribution in [0.15, 0.2) is 23.3 Å². The number of aryl methyl sites for hydroxylation is 2. The first-order valence-corrected chi connectivity index (χ1v) is 5.80. The van der Waals surface area contributed by atoms with E-state index in [2.05, 4.69) is 15.3 Å². The molecule has 19 heavy (non-hydrogen) atoms. The SMILES string of the molecule is COc1ccc(C=Nn2c(C)nnc2C)cc1OC. The van der Waals surface area contributed by atoms with E-state index in [1.165, 1.54) is 0 Å². The fourth-order valence-electron chi connectivity index (χ4n) is 1.69. The summed E-state index contributed by atoms with van der Waals surface area (Å²) < 4.78 is 12.1. The molecule has 0 amide bonds. The smallest absolute Gasteiger partial charge is 0.161 e. The molecule has 0 unspecified atom stereocenters. The van der Waals surface area contributed by atoms with Gasteiger partial charge in [-0.2, -0.15) is 5.10 Å². The molecule has 0 aliphatic carbocycles. The second-order valence-corrected chi connectivity index (χ2v) is 3.97. The van der Waals surface area contributed by atoms with Crippen LogP contribution in [-0.2, 0) is 0 Å². The van der Waals surface area contributed by atoms with Gasteiger partial charge in [-0.25, -0.2) is 4.68 Å². The van der Waals surface area contributed by atoms with E-state index in [0.29, 0.717) is 11.5 Å². The monoisotopic (exact) mass is 260 g/mol. The lowest BCUT2D eigenvalue weighted by Crippen LogP contribution is -1.97. The molecule has 2 aromatic rings. The molecular formula is C13H16N4O2. The lowest BCUT2D eigenvalue weighted by Gasteiger charge is -2.07. The van der Waals surface area contributed by atoms with Crippen molar-refractivity contribution >= 4 is 6.21 Å². The van der Waals surface area contributed by atoms with Crippen molar-refractivity contribution in [1.82, 2.24) is 14.9 Å². The Bertz CT molecular complexity index is 585. The van der Waals surface area contributed by atoms with Gasteiger partial charge < -0.3 is 9.47 Å². The molecule has 2 rings (SSSR count). The number of benzene rings is 1. The van der Waals surface area contributed by atoms with Crippen LogP contribution in [0.4, 0.5) is 0 Å². The van der Waals surface area contributed by atoms with Gasteiger partial charge in [0.2, 0.25) is 0 Å².